The van der Waals surface area contributed by atoms with Crippen LogP contribution < -0.4 is 4.74 Å². The van der Waals surface area contributed by atoms with Gasteiger partial charge in [0.05, 0.1) is 12.8 Å². The van der Waals surface area contributed by atoms with Crippen LogP contribution in [0.5, 0.6) is 5.75 Å². The molecule has 1 rings (SSSR count). The summed E-state index contributed by atoms with van der Waals surface area (Å²) in [4.78, 5) is 4.07. The zero-order valence-electron chi connectivity index (χ0n) is 7.79. The maximum atomic E-state index is 5.62. The smallest absolute Gasteiger partial charge is 0.137 e. The van der Waals surface area contributed by atoms with E-state index in [1.807, 2.05) is 12.3 Å². The minimum Gasteiger partial charge on any atom is -0.492 e. The number of nitrogens with zero attached hydrogens (tertiary/aromatic N) is 1. The minimum atomic E-state index is 0.624. The quantitative estimate of drug-likeness (QED) is 0.681. The summed E-state index contributed by atoms with van der Waals surface area (Å²) in [5.41, 5.74) is 1.13. The van der Waals surface area contributed by atoms with Crippen LogP contribution in [0.1, 0.15) is 18.9 Å². The molecule has 0 bridgehead atoms. The second kappa shape index (κ2) is 5.81. The van der Waals surface area contributed by atoms with Gasteiger partial charge in [0.1, 0.15) is 5.75 Å². The van der Waals surface area contributed by atoms with Gasteiger partial charge in [-0.1, -0.05) is 6.92 Å². The number of pyridine rings is 1. The monoisotopic (exact) mass is 199 g/mol. The van der Waals surface area contributed by atoms with Crippen LogP contribution in [-0.4, -0.2) is 17.5 Å². The molecule has 2 nitrogen and oxygen atoms in total. The first-order valence-corrected chi connectivity index (χ1v) is 5.03. The molecule has 0 fully saturated rings. The lowest BCUT2D eigenvalue weighted by Crippen LogP contribution is -1.97. The molecule has 1 heterocycles. The summed E-state index contributed by atoms with van der Waals surface area (Å²) in [6.07, 6.45) is 5.41. The summed E-state index contributed by atoms with van der Waals surface area (Å²) in [6.45, 7) is 2.82. The number of ether oxygens (including phenoxy) is 1. The predicted molar refractivity (Wildman–Crippen MR) is 54.4 cm³/mol. The third kappa shape index (κ3) is 3.64. The minimum absolute atomic E-state index is 0.624. The molecular weight excluding hydrogens is 186 g/mol. The van der Waals surface area contributed by atoms with Crippen LogP contribution in [0.3, 0.4) is 0 Å². The van der Waals surface area contributed by atoms with Crippen molar-refractivity contribution >= 4 is 11.6 Å². The molecule has 0 N–H and O–H groups in total. The summed E-state index contributed by atoms with van der Waals surface area (Å²) in [5, 5.41) is 0. The Morgan fingerprint density at radius 2 is 2.31 bits per heavy atom. The Hall–Kier alpha value is -0.760. The highest BCUT2D eigenvalue weighted by atomic mass is 35.5. The predicted octanol–water partition coefficient (Wildman–Crippen LogP) is 2.65. The van der Waals surface area contributed by atoms with Gasteiger partial charge in [0, 0.05) is 12.1 Å². The Morgan fingerprint density at radius 3 is 3.00 bits per heavy atom. The van der Waals surface area contributed by atoms with Gasteiger partial charge in [0.2, 0.25) is 0 Å². The van der Waals surface area contributed by atoms with E-state index in [1.165, 1.54) is 0 Å². The van der Waals surface area contributed by atoms with Crippen molar-refractivity contribution in [2.24, 2.45) is 0 Å². The van der Waals surface area contributed by atoms with Gasteiger partial charge in [-0.3, -0.25) is 4.98 Å². The van der Waals surface area contributed by atoms with E-state index in [-0.39, 0.29) is 0 Å². The lowest BCUT2D eigenvalue weighted by molar-refractivity contribution is 0.316. The molecule has 0 radical (unpaired) electrons. The summed E-state index contributed by atoms with van der Waals surface area (Å²) in [6, 6.07) is 1.99. The fraction of sp³-hybridized carbons (Fsp3) is 0.500. The zero-order chi connectivity index (χ0) is 9.52. The van der Waals surface area contributed by atoms with Crippen molar-refractivity contribution in [3.8, 4) is 5.75 Å². The normalized spacial score (nSPS) is 10.0. The number of hydrogen-bond donors (Lipinski definition) is 0. The highest BCUT2D eigenvalue weighted by Gasteiger charge is 1.96. The highest BCUT2D eigenvalue weighted by molar-refractivity contribution is 6.17. The lowest BCUT2D eigenvalue weighted by atomic mass is 10.2. The highest BCUT2D eigenvalue weighted by Crippen LogP contribution is 2.12. The van der Waals surface area contributed by atoms with E-state index >= 15 is 0 Å². The molecule has 0 saturated carbocycles. The number of halogens is 1. The Bertz CT molecular complexity index is 252. The lowest BCUT2D eigenvalue weighted by Gasteiger charge is -2.04. The average Bonchev–Trinajstić information content (AvgIpc) is 2.16. The first-order valence-electron chi connectivity index (χ1n) is 4.49. The van der Waals surface area contributed by atoms with Crippen LogP contribution in [0, 0.1) is 0 Å². The molecule has 0 amide bonds. The molecule has 0 aliphatic rings. The van der Waals surface area contributed by atoms with Crippen LogP contribution in [0.2, 0.25) is 0 Å². The van der Waals surface area contributed by atoms with Gasteiger partial charge in [-0.05, 0) is 24.5 Å². The zero-order valence-corrected chi connectivity index (χ0v) is 8.55. The third-order valence-corrected chi connectivity index (χ3v) is 1.81. The first-order chi connectivity index (χ1) is 6.36. The maximum Gasteiger partial charge on any atom is 0.137 e. The maximum absolute atomic E-state index is 5.62. The van der Waals surface area contributed by atoms with E-state index < -0.39 is 0 Å². The number of aromatic nitrogens is 1. The van der Waals surface area contributed by atoms with E-state index in [4.69, 9.17) is 16.3 Å². The van der Waals surface area contributed by atoms with Crippen LogP contribution in [0.15, 0.2) is 18.5 Å². The third-order valence-electron chi connectivity index (χ3n) is 1.63. The Balaban J connectivity index is 2.56. The van der Waals surface area contributed by atoms with Gasteiger partial charge >= 0.3 is 0 Å². The topological polar surface area (TPSA) is 22.1 Å². The van der Waals surface area contributed by atoms with Crippen LogP contribution in [-0.2, 0) is 6.42 Å². The van der Waals surface area contributed by atoms with Crippen molar-refractivity contribution in [3.05, 3.63) is 24.0 Å². The van der Waals surface area contributed by atoms with E-state index in [0.717, 1.165) is 30.8 Å². The SMILES string of the molecule is CCCOc1cncc(CCCl)c1. The van der Waals surface area contributed by atoms with E-state index in [0.29, 0.717) is 5.88 Å². The molecule has 72 valence electrons. The molecule has 0 saturated heterocycles. The van der Waals surface area contributed by atoms with Gasteiger partial charge in [-0.15, -0.1) is 11.6 Å². The summed E-state index contributed by atoms with van der Waals surface area (Å²) < 4.78 is 5.44. The summed E-state index contributed by atoms with van der Waals surface area (Å²) >= 11 is 5.62. The summed E-state index contributed by atoms with van der Waals surface area (Å²) in [5.74, 6) is 1.46. The molecule has 0 aliphatic heterocycles. The standard InChI is InChI=1S/C10H14ClNO/c1-2-5-13-10-6-9(3-4-11)7-12-8-10/h6-8H,2-5H2,1H3. The van der Waals surface area contributed by atoms with Crippen LogP contribution in [0.25, 0.3) is 0 Å². The number of rotatable bonds is 5. The van der Waals surface area contributed by atoms with Gasteiger partial charge in [-0.2, -0.15) is 0 Å². The van der Waals surface area contributed by atoms with Crippen molar-refractivity contribution in [1.82, 2.24) is 4.98 Å². The van der Waals surface area contributed by atoms with Crippen molar-refractivity contribution < 1.29 is 4.74 Å². The van der Waals surface area contributed by atoms with Crippen molar-refractivity contribution in [2.45, 2.75) is 19.8 Å². The largest absolute Gasteiger partial charge is 0.492 e. The van der Waals surface area contributed by atoms with Crippen LogP contribution in [0.4, 0.5) is 0 Å². The molecule has 13 heavy (non-hydrogen) atoms. The molecule has 0 aliphatic carbocycles. The molecular formula is C10H14ClNO. The van der Waals surface area contributed by atoms with Gasteiger partial charge in [0.25, 0.3) is 0 Å². The average molecular weight is 200 g/mol. The van der Waals surface area contributed by atoms with Gasteiger partial charge in [0.15, 0.2) is 0 Å². The van der Waals surface area contributed by atoms with E-state index in [2.05, 4.69) is 11.9 Å². The Labute approximate surface area is 83.9 Å². The molecule has 1 aromatic rings. The molecule has 0 aromatic carbocycles. The van der Waals surface area contributed by atoms with E-state index in [9.17, 15) is 0 Å². The molecule has 3 heteroatoms. The second-order valence-electron chi connectivity index (χ2n) is 2.82. The van der Waals surface area contributed by atoms with Crippen LogP contribution >= 0.6 is 11.6 Å². The second-order valence-corrected chi connectivity index (χ2v) is 3.19. The number of hydrogen-bond acceptors (Lipinski definition) is 2. The molecule has 0 unspecified atom stereocenters. The first kappa shape index (κ1) is 10.3. The van der Waals surface area contributed by atoms with Crippen molar-refractivity contribution in [3.63, 3.8) is 0 Å². The number of alkyl halides is 1. The Morgan fingerprint density at radius 1 is 1.46 bits per heavy atom. The Kier molecular flexibility index (Phi) is 4.61. The molecule has 0 spiro atoms. The number of aryl methyl sites for hydroxylation is 1. The van der Waals surface area contributed by atoms with Gasteiger partial charge in [-0.25, -0.2) is 0 Å². The summed E-state index contributed by atoms with van der Waals surface area (Å²) in [7, 11) is 0. The van der Waals surface area contributed by atoms with Crippen molar-refractivity contribution in [2.75, 3.05) is 12.5 Å². The fourth-order valence-electron chi connectivity index (χ4n) is 1.01. The van der Waals surface area contributed by atoms with Crippen molar-refractivity contribution in [1.29, 1.82) is 0 Å². The van der Waals surface area contributed by atoms with E-state index in [1.54, 1.807) is 6.20 Å². The van der Waals surface area contributed by atoms with Gasteiger partial charge < -0.3 is 4.74 Å². The molecule has 0 atom stereocenters. The fourth-order valence-corrected chi connectivity index (χ4v) is 1.23. The molecule has 1 aromatic heterocycles.